The van der Waals surface area contributed by atoms with Crippen molar-refractivity contribution in [2.75, 3.05) is 37.9 Å². The molecule has 0 atom stereocenters. The molecular formula is C27H26N2O7. The van der Waals surface area contributed by atoms with E-state index in [2.05, 4.69) is 0 Å². The largest absolute Gasteiger partial charge is 0.486 e. The zero-order chi connectivity index (χ0) is 25.2. The summed E-state index contributed by atoms with van der Waals surface area (Å²) in [7, 11) is 0. The number of esters is 1. The molecule has 0 N–H and O–H groups in total. The minimum Gasteiger partial charge on any atom is -0.486 e. The first-order valence-corrected chi connectivity index (χ1v) is 11.7. The van der Waals surface area contributed by atoms with Gasteiger partial charge >= 0.3 is 5.97 Å². The van der Waals surface area contributed by atoms with Crippen molar-refractivity contribution in [1.29, 1.82) is 0 Å². The van der Waals surface area contributed by atoms with Gasteiger partial charge in [0.1, 0.15) is 19.0 Å². The highest BCUT2D eigenvalue weighted by Gasteiger charge is 2.26. The number of aryl methyl sites for hydroxylation is 1. The number of hydrogen-bond donors (Lipinski definition) is 0. The van der Waals surface area contributed by atoms with Gasteiger partial charge in [0.2, 0.25) is 5.78 Å². The molecule has 0 aliphatic carbocycles. The average Bonchev–Trinajstić information content (AvgIpc) is 3.20. The smallest absolute Gasteiger partial charge is 0.308 e. The fourth-order valence-corrected chi connectivity index (χ4v) is 4.51. The molecule has 0 saturated heterocycles. The zero-order valence-corrected chi connectivity index (χ0v) is 20.1. The van der Waals surface area contributed by atoms with Gasteiger partial charge in [-0.25, -0.2) is 0 Å². The van der Waals surface area contributed by atoms with E-state index in [0.29, 0.717) is 41.7 Å². The van der Waals surface area contributed by atoms with E-state index in [0.717, 1.165) is 17.1 Å². The van der Waals surface area contributed by atoms with Crippen LogP contribution >= 0.6 is 0 Å². The molecule has 1 amide bonds. The van der Waals surface area contributed by atoms with Gasteiger partial charge in [-0.1, -0.05) is 12.1 Å². The summed E-state index contributed by atoms with van der Waals surface area (Å²) in [6.45, 7) is 4.44. The first-order valence-electron chi connectivity index (χ1n) is 11.7. The lowest BCUT2D eigenvalue weighted by Crippen LogP contribution is -2.40. The Morgan fingerprint density at radius 1 is 0.944 bits per heavy atom. The number of fused-ring (bicyclic) bond motifs is 2. The first-order chi connectivity index (χ1) is 17.4. The molecule has 0 saturated carbocycles. The first kappa shape index (κ1) is 23.5. The van der Waals surface area contributed by atoms with E-state index in [1.165, 1.54) is 4.90 Å². The summed E-state index contributed by atoms with van der Waals surface area (Å²) >= 11 is 0. The summed E-state index contributed by atoms with van der Waals surface area (Å²) in [6.07, 6.45) is -0.0381. The highest BCUT2D eigenvalue weighted by molar-refractivity contribution is 6.00. The van der Waals surface area contributed by atoms with Gasteiger partial charge in [-0.15, -0.1) is 0 Å². The Bertz CT molecular complexity index is 1340. The molecule has 0 radical (unpaired) electrons. The van der Waals surface area contributed by atoms with Crippen LogP contribution in [0.1, 0.15) is 28.2 Å². The summed E-state index contributed by atoms with van der Waals surface area (Å²) in [5.41, 5.74) is 3.54. The van der Waals surface area contributed by atoms with Crippen LogP contribution in [-0.2, 0) is 14.3 Å². The SMILES string of the molecule is Cc1cc(C(=O)COC(=O)CCN2C(=O)COc3ccccc32)c(C)n1-c1ccc2c(c1)OCCO2. The van der Waals surface area contributed by atoms with Crippen LogP contribution in [0, 0.1) is 13.8 Å². The van der Waals surface area contributed by atoms with Gasteiger partial charge in [-0.3, -0.25) is 14.4 Å². The van der Waals surface area contributed by atoms with Crippen molar-refractivity contribution >= 4 is 23.3 Å². The molecule has 9 heteroatoms. The third-order valence-electron chi connectivity index (χ3n) is 6.23. The van der Waals surface area contributed by atoms with Crippen LogP contribution in [0.15, 0.2) is 48.5 Å². The molecule has 1 aromatic heterocycles. The summed E-state index contributed by atoms with van der Waals surface area (Å²) in [6, 6.07) is 14.6. The quantitative estimate of drug-likeness (QED) is 0.370. The van der Waals surface area contributed by atoms with E-state index < -0.39 is 5.97 Å². The third-order valence-corrected chi connectivity index (χ3v) is 6.23. The average molecular weight is 491 g/mol. The van der Waals surface area contributed by atoms with Crippen molar-refractivity contribution in [1.82, 2.24) is 4.57 Å². The molecule has 0 bridgehead atoms. The number of carbonyl (C=O) groups excluding carboxylic acids is 3. The van der Waals surface area contributed by atoms with Crippen LogP contribution in [0.3, 0.4) is 0 Å². The molecule has 2 aromatic carbocycles. The van der Waals surface area contributed by atoms with E-state index in [1.807, 2.05) is 42.7 Å². The van der Waals surface area contributed by atoms with Crippen LogP contribution in [0.2, 0.25) is 0 Å². The predicted molar refractivity (Wildman–Crippen MR) is 130 cm³/mol. The van der Waals surface area contributed by atoms with Crippen LogP contribution in [0.4, 0.5) is 5.69 Å². The minimum atomic E-state index is -0.555. The molecule has 0 unspecified atom stereocenters. The molecule has 0 spiro atoms. The Hall–Kier alpha value is -4.27. The van der Waals surface area contributed by atoms with Crippen molar-refractivity contribution in [2.45, 2.75) is 20.3 Å². The lowest BCUT2D eigenvalue weighted by molar-refractivity contribution is -0.142. The highest BCUT2D eigenvalue weighted by Crippen LogP contribution is 2.34. The number of anilines is 1. The molecular weight excluding hydrogens is 464 g/mol. The number of ether oxygens (including phenoxy) is 4. The number of para-hydroxylation sites is 2. The van der Waals surface area contributed by atoms with E-state index in [1.54, 1.807) is 24.3 Å². The number of hydrogen-bond acceptors (Lipinski definition) is 7. The molecule has 186 valence electrons. The summed E-state index contributed by atoms with van der Waals surface area (Å²) in [4.78, 5) is 39.1. The normalized spacial score (nSPS) is 14.2. The van der Waals surface area contributed by atoms with Gasteiger partial charge in [0.25, 0.3) is 5.91 Å². The van der Waals surface area contributed by atoms with Gasteiger partial charge in [0, 0.05) is 35.2 Å². The van der Waals surface area contributed by atoms with Crippen LogP contribution in [-0.4, -0.2) is 55.2 Å². The second kappa shape index (κ2) is 9.77. The van der Waals surface area contributed by atoms with Crippen molar-refractivity contribution < 1.29 is 33.3 Å². The molecule has 9 nitrogen and oxygen atoms in total. The third kappa shape index (κ3) is 4.51. The molecule has 36 heavy (non-hydrogen) atoms. The van der Waals surface area contributed by atoms with Crippen molar-refractivity contribution in [3.8, 4) is 22.9 Å². The number of benzene rings is 2. The molecule has 0 fully saturated rings. The van der Waals surface area contributed by atoms with Crippen LogP contribution < -0.4 is 19.1 Å². The number of aromatic nitrogens is 1. The van der Waals surface area contributed by atoms with Crippen molar-refractivity contribution in [3.63, 3.8) is 0 Å². The molecule has 5 rings (SSSR count). The van der Waals surface area contributed by atoms with Gasteiger partial charge in [-0.2, -0.15) is 0 Å². The Labute approximate surface area is 208 Å². The molecule has 3 heterocycles. The zero-order valence-electron chi connectivity index (χ0n) is 20.1. The van der Waals surface area contributed by atoms with Gasteiger partial charge in [0.15, 0.2) is 24.7 Å². The number of ketones is 1. The van der Waals surface area contributed by atoms with Gasteiger partial charge < -0.3 is 28.4 Å². The second-order valence-electron chi connectivity index (χ2n) is 8.58. The van der Waals surface area contributed by atoms with Crippen LogP contribution in [0.5, 0.6) is 17.2 Å². The summed E-state index contributed by atoms with van der Waals surface area (Å²) < 4.78 is 23.9. The van der Waals surface area contributed by atoms with Crippen molar-refractivity contribution in [2.24, 2.45) is 0 Å². The topological polar surface area (TPSA) is 96.3 Å². The number of Topliss-reactive ketones (excluding diaryl/α,β-unsaturated/α-hetero) is 1. The second-order valence-corrected chi connectivity index (χ2v) is 8.58. The molecule has 2 aliphatic heterocycles. The number of nitrogens with zero attached hydrogens (tertiary/aromatic N) is 2. The molecule has 2 aliphatic rings. The monoisotopic (exact) mass is 490 g/mol. The van der Waals surface area contributed by atoms with Gasteiger partial charge in [-0.05, 0) is 44.2 Å². The van der Waals surface area contributed by atoms with E-state index in [4.69, 9.17) is 18.9 Å². The number of carbonyl (C=O) groups is 3. The number of rotatable bonds is 7. The Balaban J connectivity index is 1.22. The fourth-order valence-electron chi connectivity index (χ4n) is 4.51. The van der Waals surface area contributed by atoms with E-state index in [9.17, 15) is 14.4 Å². The maximum absolute atomic E-state index is 12.9. The number of amides is 1. The standard InChI is InChI=1S/C27H26N2O7/c1-17-13-20(18(2)29(17)19-7-8-24-25(14-19)34-12-11-33-24)22(30)15-36-27(32)9-10-28-21-5-3-4-6-23(21)35-16-26(28)31/h3-8,13-14H,9-12,15-16H2,1-2H3. The predicted octanol–water partition coefficient (Wildman–Crippen LogP) is 3.41. The maximum atomic E-state index is 12.9. The van der Waals surface area contributed by atoms with E-state index >= 15 is 0 Å². The highest BCUT2D eigenvalue weighted by atomic mass is 16.6. The molecule has 3 aromatic rings. The maximum Gasteiger partial charge on any atom is 0.308 e. The Morgan fingerprint density at radius 3 is 2.56 bits per heavy atom. The lowest BCUT2D eigenvalue weighted by atomic mass is 10.1. The van der Waals surface area contributed by atoms with Crippen molar-refractivity contribution in [3.05, 3.63) is 65.5 Å². The van der Waals surface area contributed by atoms with Crippen LogP contribution in [0.25, 0.3) is 5.69 Å². The summed E-state index contributed by atoms with van der Waals surface area (Å²) in [5.74, 6) is 0.861. The van der Waals surface area contributed by atoms with Gasteiger partial charge in [0.05, 0.1) is 12.1 Å². The lowest BCUT2D eigenvalue weighted by Gasteiger charge is -2.28. The summed E-state index contributed by atoms with van der Waals surface area (Å²) in [5, 5.41) is 0. The van der Waals surface area contributed by atoms with E-state index in [-0.39, 0.29) is 37.9 Å². The fraction of sp³-hybridized carbons (Fsp3) is 0.296. The minimum absolute atomic E-state index is 0.0381. The Morgan fingerprint density at radius 2 is 1.72 bits per heavy atom. The Kier molecular flexibility index (Phi) is 6.37.